The van der Waals surface area contributed by atoms with Crippen molar-refractivity contribution in [3.63, 3.8) is 0 Å². The van der Waals surface area contributed by atoms with Crippen LogP contribution in [0.5, 0.6) is 0 Å². The van der Waals surface area contributed by atoms with E-state index in [0.717, 1.165) is 19.3 Å². The normalized spacial score (nSPS) is 16.8. The molecular weight excluding hydrogens is 266 g/mol. The van der Waals surface area contributed by atoms with Crippen LogP contribution in [-0.4, -0.2) is 35.7 Å². The lowest BCUT2D eigenvalue weighted by atomic mass is 9.85. The van der Waals surface area contributed by atoms with E-state index in [1.54, 1.807) is 7.05 Å². The van der Waals surface area contributed by atoms with Crippen molar-refractivity contribution < 1.29 is 12.9 Å². The van der Waals surface area contributed by atoms with Gasteiger partial charge in [0.25, 0.3) is 0 Å². The van der Waals surface area contributed by atoms with Gasteiger partial charge >= 0.3 is 0 Å². The summed E-state index contributed by atoms with van der Waals surface area (Å²) in [6, 6.07) is 0. The predicted octanol–water partition coefficient (Wildman–Crippen LogP) is 1.90. The highest BCUT2D eigenvalue weighted by molar-refractivity contribution is 7.89. The second-order valence-electron chi connectivity index (χ2n) is 5.10. The molecule has 1 saturated carbocycles. The van der Waals surface area contributed by atoms with Crippen molar-refractivity contribution in [1.82, 2.24) is 14.4 Å². The van der Waals surface area contributed by atoms with E-state index < -0.39 is 10.0 Å². The van der Waals surface area contributed by atoms with Crippen molar-refractivity contribution in [3.05, 3.63) is 11.7 Å². The molecule has 0 aliphatic heterocycles. The molecule has 7 heteroatoms. The highest BCUT2D eigenvalue weighted by atomic mass is 32.2. The number of sulfonamides is 1. The molecular formula is C12H21N3O3S. The van der Waals surface area contributed by atoms with Gasteiger partial charge in [0.05, 0.1) is 12.3 Å². The molecule has 0 unspecified atom stereocenters. The van der Waals surface area contributed by atoms with Gasteiger partial charge < -0.3 is 4.52 Å². The molecule has 1 aliphatic rings. The highest BCUT2D eigenvalue weighted by Crippen LogP contribution is 2.35. The zero-order chi connectivity index (χ0) is 13.9. The minimum atomic E-state index is -3.21. The fourth-order valence-electron chi connectivity index (χ4n) is 1.93. The topological polar surface area (TPSA) is 76.3 Å². The summed E-state index contributed by atoms with van der Waals surface area (Å²) in [6.07, 6.45) is 4.92. The number of hydrogen-bond donors (Lipinski definition) is 0. The lowest BCUT2D eigenvalue weighted by Gasteiger charge is -2.20. The van der Waals surface area contributed by atoms with Gasteiger partial charge in [-0.25, -0.2) is 8.42 Å². The zero-order valence-corrected chi connectivity index (χ0v) is 12.3. The summed E-state index contributed by atoms with van der Waals surface area (Å²) >= 11 is 0. The summed E-state index contributed by atoms with van der Waals surface area (Å²) in [6.45, 7) is 2.15. The van der Waals surface area contributed by atoms with Crippen molar-refractivity contribution in [2.45, 2.75) is 51.5 Å². The first kappa shape index (κ1) is 14.5. The van der Waals surface area contributed by atoms with Gasteiger partial charge in [-0.1, -0.05) is 24.9 Å². The summed E-state index contributed by atoms with van der Waals surface area (Å²) in [4.78, 5) is 4.28. The second-order valence-corrected chi connectivity index (χ2v) is 7.30. The molecule has 1 heterocycles. The number of hydrogen-bond acceptors (Lipinski definition) is 5. The van der Waals surface area contributed by atoms with Gasteiger partial charge in [0, 0.05) is 13.0 Å². The van der Waals surface area contributed by atoms with Crippen molar-refractivity contribution in [1.29, 1.82) is 0 Å². The van der Waals surface area contributed by atoms with Crippen LogP contribution in [0, 0.1) is 0 Å². The number of unbranched alkanes of at least 4 members (excludes halogenated alkanes) is 1. The van der Waals surface area contributed by atoms with Crippen molar-refractivity contribution in [2.75, 3.05) is 12.8 Å². The van der Waals surface area contributed by atoms with Crippen LogP contribution in [0.2, 0.25) is 0 Å². The molecule has 0 bridgehead atoms. The van der Waals surface area contributed by atoms with E-state index in [2.05, 4.69) is 10.1 Å². The molecule has 0 spiro atoms. The van der Waals surface area contributed by atoms with Crippen molar-refractivity contribution >= 4 is 10.0 Å². The number of aromatic nitrogens is 2. The Labute approximate surface area is 114 Å². The Kier molecular flexibility index (Phi) is 4.57. The largest absolute Gasteiger partial charge is 0.339 e. The van der Waals surface area contributed by atoms with Gasteiger partial charge in [0.2, 0.25) is 15.9 Å². The average molecular weight is 287 g/mol. The Morgan fingerprint density at radius 2 is 2.16 bits per heavy atom. The molecule has 0 radical (unpaired) electrons. The molecule has 0 atom stereocenters. The van der Waals surface area contributed by atoms with Crippen LogP contribution in [-0.2, 0) is 16.6 Å². The third-order valence-corrected chi connectivity index (χ3v) is 5.42. The van der Waals surface area contributed by atoms with E-state index in [0.29, 0.717) is 24.1 Å². The molecule has 1 fully saturated rings. The van der Waals surface area contributed by atoms with Crippen molar-refractivity contribution in [3.8, 4) is 0 Å². The maximum atomic E-state index is 11.9. The van der Waals surface area contributed by atoms with Crippen LogP contribution in [0.1, 0.15) is 56.7 Å². The second kappa shape index (κ2) is 6.00. The van der Waals surface area contributed by atoms with Gasteiger partial charge in [-0.3, -0.25) is 0 Å². The molecule has 0 saturated heterocycles. The van der Waals surface area contributed by atoms with Crippen LogP contribution in [0.25, 0.3) is 0 Å². The summed E-state index contributed by atoms with van der Waals surface area (Å²) in [7, 11) is -1.65. The van der Waals surface area contributed by atoms with Crippen LogP contribution in [0.4, 0.5) is 0 Å². The standard InChI is InChI=1S/C12H21N3O3S/c1-3-4-8-19(16,17)15(2)9-11-13-12(18-14-11)10-6-5-7-10/h10H,3-9H2,1-2H3. The Morgan fingerprint density at radius 3 is 2.74 bits per heavy atom. The minimum Gasteiger partial charge on any atom is -0.339 e. The Balaban J connectivity index is 1.94. The first-order chi connectivity index (χ1) is 9.03. The van der Waals surface area contributed by atoms with E-state index in [9.17, 15) is 8.42 Å². The molecule has 2 rings (SSSR count). The number of rotatable bonds is 7. The first-order valence-corrected chi connectivity index (χ1v) is 8.40. The first-order valence-electron chi connectivity index (χ1n) is 6.79. The SMILES string of the molecule is CCCCS(=O)(=O)N(C)Cc1noc(C2CCC2)n1. The molecule has 1 aromatic rings. The van der Waals surface area contributed by atoms with Gasteiger partial charge in [-0.05, 0) is 19.3 Å². The van der Waals surface area contributed by atoms with Gasteiger partial charge in [-0.2, -0.15) is 9.29 Å². The summed E-state index contributed by atoms with van der Waals surface area (Å²) in [5.41, 5.74) is 0. The molecule has 1 aliphatic carbocycles. The Hall–Kier alpha value is -0.950. The number of nitrogens with zero attached hydrogens (tertiary/aromatic N) is 3. The summed E-state index contributed by atoms with van der Waals surface area (Å²) in [5, 5.41) is 3.86. The lowest BCUT2D eigenvalue weighted by Crippen LogP contribution is -2.29. The molecule has 1 aromatic heterocycles. The van der Waals surface area contributed by atoms with E-state index in [4.69, 9.17) is 4.52 Å². The third-order valence-electron chi connectivity index (χ3n) is 3.53. The predicted molar refractivity (Wildman–Crippen MR) is 71.1 cm³/mol. The molecule has 0 aromatic carbocycles. The Morgan fingerprint density at radius 1 is 1.42 bits per heavy atom. The van der Waals surface area contributed by atoms with Crippen LogP contribution < -0.4 is 0 Å². The Bertz CT molecular complexity index is 508. The maximum absolute atomic E-state index is 11.9. The zero-order valence-electron chi connectivity index (χ0n) is 11.5. The fourth-order valence-corrected chi connectivity index (χ4v) is 3.21. The summed E-state index contributed by atoms with van der Waals surface area (Å²) in [5.74, 6) is 1.65. The minimum absolute atomic E-state index is 0.174. The quantitative estimate of drug-likeness (QED) is 0.765. The van der Waals surface area contributed by atoms with Crippen LogP contribution >= 0.6 is 0 Å². The third kappa shape index (κ3) is 3.54. The van der Waals surface area contributed by atoms with Crippen LogP contribution in [0.3, 0.4) is 0 Å². The van der Waals surface area contributed by atoms with Gasteiger partial charge in [0.1, 0.15) is 0 Å². The van der Waals surface area contributed by atoms with Gasteiger partial charge in [0.15, 0.2) is 5.82 Å². The molecule has 0 N–H and O–H groups in total. The monoisotopic (exact) mass is 287 g/mol. The lowest BCUT2D eigenvalue weighted by molar-refractivity contribution is 0.290. The van der Waals surface area contributed by atoms with E-state index in [1.807, 2.05) is 6.92 Å². The molecule has 6 nitrogen and oxygen atoms in total. The summed E-state index contributed by atoms with van der Waals surface area (Å²) < 4.78 is 30.4. The maximum Gasteiger partial charge on any atom is 0.229 e. The molecule has 0 amide bonds. The molecule has 108 valence electrons. The van der Waals surface area contributed by atoms with Crippen LogP contribution in [0.15, 0.2) is 4.52 Å². The highest BCUT2D eigenvalue weighted by Gasteiger charge is 2.26. The van der Waals surface area contributed by atoms with Crippen molar-refractivity contribution in [2.24, 2.45) is 0 Å². The van der Waals surface area contributed by atoms with E-state index in [1.165, 1.54) is 10.7 Å². The average Bonchev–Trinajstić information content (AvgIpc) is 2.72. The molecule has 19 heavy (non-hydrogen) atoms. The van der Waals surface area contributed by atoms with Gasteiger partial charge in [-0.15, -0.1) is 0 Å². The smallest absolute Gasteiger partial charge is 0.229 e. The fraction of sp³-hybridized carbons (Fsp3) is 0.833. The van der Waals surface area contributed by atoms with E-state index in [-0.39, 0.29) is 12.3 Å². The van der Waals surface area contributed by atoms with E-state index >= 15 is 0 Å².